The Balaban J connectivity index is 1.82. The third kappa shape index (κ3) is 5.49. The van der Waals surface area contributed by atoms with Crippen LogP contribution in [0.2, 0.25) is 5.02 Å². The summed E-state index contributed by atoms with van der Waals surface area (Å²) in [5.41, 5.74) is 6.17. The van der Waals surface area contributed by atoms with E-state index in [0.29, 0.717) is 16.1 Å². The zero-order valence-corrected chi connectivity index (χ0v) is 15.1. The fourth-order valence-corrected chi connectivity index (χ4v) is 2.25. The Morgan fingerprint density at radius 1 is 0.923 bits per heavy atom. The maximum Gasteiger partial charge on any atom is 0.269 e. The van der Waals surface area contributed by atoms with E-state index >= 15 is 0 Å². The SMILES string of the molecule is CN(C)c1cccc(C(=O)NNC(=O)CNC(=O)c2cccc(Cl)c2)c1. The molecule has 0 unspecified atom stereocenters. The van der Waals surface area contributed by atoms with Crippen molar-refractivity contribution >= 4 is 35.0 Å². The minimum Gasteiger partial charge on any atom is -0.378 e. The molecule has 2 aromatic carbocycles. The van der Waals surface area contributed by atoms with Crippen LogP contribution in [-0.4, -0.2) is 38.4 Å². The van der Waals surface area contributed by atoms with Crippen LogP contribution in [0.5, 0.6) is 0 Å². The van der Waals surface area contributed by atoms with Crippen LogP contribution in [0.1, 0.15) is 20.7 Å². The maximum atomic E-state index is 12.1. The minimum atomic E-state index is -0.558. The van der Waals surface area contributed by atoms with Gasteiger partial charge < -0.3 is 10.2 Å². The van der Waals surface area contributed by atoms with Crippen LogP contribution >= 0.6 is 11.6 Å². The predicted molar refractivity (Wildman–Crippen MR) is 100 cm³/mol. The third-order valence-electron chi connectivity index (χ3n) is 3.44. The summed E-state index contributed by atoms with van der Waals surface area (Å²) in [7, 11) is 3.72. The van der Waals surface area contributed by atoms with Gasteiger partial charge in [0.2, 0.25) is 0 Å². The number of carbonyl (C=O) groups excluding carboxylic acids is 3. The molecule has 0 aliphatic carbocycles. The molecule has 3 amide bonds. The van der Waals surface area contributed by atoms with Gasteiger partial charge in [-0.25, -0.2) is 0 Å². The summed E-state index contributed by atoms with van der Waals surface area (Å²) in [6.07, 6.45) is 0. The van der Waals surface area contributed by atoms with E-state index in [9.17, 15) is 14.4 Å². The van der Waals surface area contributed by atoms with Gasteiger partial charge in [-0.3, -0.25) is 25.2 Å². The number of hydrogen-bond acceptors (Lipinski definition) is 4. The van der Waals surface area contributed by atoms with Crippen LogP contribution in [0.3, 0.4) is 0 Å². The average molecular weight is 375 g/mol. The first-order valence-corrected chi connectivity index (χ1v) is 8.15. The van der Waals surface area contributed by atoms with E-state index in [2.05, 4.69) is 16.2 Å². The first kappa shape index (κ1) is 19.3. The van der Waals surface area contributed by atoms with E-state index < -0.39 is 17.7 Å². The first-order valence-electron chi connectivity index (χ1n) is 7.77. The van der Waals surface area contributed by atoms with Gasteiger partial charge in [0, 0.05) is 35.9 Å². The Morgan fingerprint density at radius 2 is 1.58 bits per heavy atom. The molecule has 0 radical (unpaired) electrons. The second kappa shape index (κ2) is 8.87. The third-order valence-corrected chi connectivity index (χ3v) is 3.67. The summed E-state index contributed by atoms with van der Waals surface area (Å²) >= 11 is 5.82. The number of rotatable bonds is 5. The lowest BCUT2D eigenvalue weighted by Gasteiger charge is -2.13. The molecule has 136 valence electrons. The molecular weight excluding hydrogens is 356 g/mol. The molecular formula is C18H19ClN4O3. The van der Waals surface area contributed by atoms with E-state index in [1.807, 2.05) is 25.1 Å². The molecule has 0 aliphatic rings. The van der Waals surface area contributed by atoms with Gasteiger partial charge in [-0.05, 0) is 36.4 Å². The Labute approximate surface area is 156 Å². The van der Waals surface area contributed by atoms with Crippen LogP contribution in [0.15, 0.2) is 48.5 Å². The molecule has 0 bridgehead atoms. The molecule has 7 nitrogen and oxygen atoms in total. The Kier molecular flexibility index (Phi) is 6.57. The van der Waals surface area contributed by atoms with Crippen molar-refractivity contribution in [1.82, 2.24) is 16.2 Å². The lowest BCUT2D eigenvalue weighted by atomic mass is 10.2. The second-order valence-corrected chi connectivity index (χ2v) is 6.08. The van der Waals surface area contributed by atoms with Crippen molar-refractivity contribution in [3.8, 4) is 0 Å². The predicted octanol–water partition coefficient (Wildman–Crippen LogP) is 1.60. The summed E-state index contributed by atoms with van der Waals surface area (Å²) in [6.45, 7) is -0.288. The number of carbonyl (C=O) groups is 3. The van der Waals surface area contributed by atoms with Crippen molar-refractivity contribution in [2.75, 3.05) is 25.5 Å². The number of nitrogens with zero attached hydrogens (tertiary/aromatic N) is 1. The highest BCUT2D eigenvalue weighted by molar-refractivity contribution is 6.31. The molecule has 0 spiro atoms. The highest BCUT2D eigenvalue weighted by atomic mass is 35.5. The molecule has 0 heterocycles. The monoisotopic (exact) mass is 374 g/mol. The standard InChI is InChI=1S/C18H19ClN4O3/c1-23(2)15-8-4-6-13(10-15)18(26)22-21-16(24)11-20-17(25)12-5-3-7-14(19)9-12/h3-10H,11H2,1-2H3,(H,20,25)(H,21,24)(H,22,26). The second-order valence-electron chi connectivity index (χ2n) is 5.64. The minimum absolute atomic E-state index is 0.288. The number of anilines is 1. The van der Waals surface area contributed by atoms with Crippen LogP contribution in [0.4, 0.5) is 5.69 Å². The number of benzene rings is 2. The Bertz CT molecular complexity index is 824. The van der Waals surface area contributed by atoms with Crippen molar-refractivity contribution in [3.05, 3.63) is 64.7 Å². The molecule has 2 rings (SSSR count). The molecule has 0 aromatic heterocycles. The van der Waals surface area contributed by atoms with Gasteiger partial charge in [0.1, 0.15) is 0 Å². The normalized spacial score (nSPS) is 9.96. The van der Waals surface area contributed by atoms with Gasteiger partial charge in [0.15, 0.2) is 0 Å². The zero-order valence-electron chi connectivity index (χ0n) is 14.4. The summed E-state index contributed by atoms with van der Waals surface area (Å²) in [5.74, 6) is -1.45. The number of hydrazine groups is 1. The number of amides is 3. The van der Waals surface area contributed by atoms with E-state index in [-0.39, 0.29) is 6.54 Å². The summed E-state index contributed by atoms with van der Waals surface area (Å²) < 4.78 is 0. The average Bonchev–Trinajstić information content (AvgIpc) is 2.64. The fraction of sp³-hybridized carbons (Fsp3) is 0.167. The van der Waals surface area contributed by atoms with Gasteiger partial charge in [-0.15, -0.1) is 0 Å². The van der Waals surface area contributed by atoms with Crippen molar-refractivity contribution in [2.24, 2.45) is 0 Å². The van der Waals surface area contributed by atoms with Crippen molar-refractivity contribution in [2.45, 2.75) is 0 Å². The molecule has 0 aliphatic heterocycles. The molecule has 0 fully saturated rings. The van der Waals surface area contributed by atoms with Gasteiger partial charge in [0.25, 0.3) is 17.7 Å². The van der Waals surface area contributed by atoms with Crippen LogP contribution in [-0.2, 0) is 4.79 Å². The van der Waals surface area contributed by atoms with Crippen LogP contribution < -0.4 is 21.1 Å². The highest BCUT2D eigenvalue weighted by Gasteiger charge is 2.11. The number of halogens is 1. The molecule has 2 aromatic rings. The van der Waals surface area contributed by atoms with E-state index in [1.54, 1.807) is 36.4 Å². The van der Waals surface area contributed by atoms with E-state index in [4.69, 9.17) is 11.6 Å². The van der Waals surface area contributed by atoms with Crippen LogP contribution in [0.25, 0.3) is 0 Å². The Hall–Kier alpha value is -3.06. The molecule has 3 N–H and O–H groups in total. The van der Waals surface area contributed by atoms with Gasteiger partial charge >= 0.3 is 0 Å². The number of nitrogens with one attached hydrogen (secondary N) is 3. The summed E-state index contributed by atoms with van der Waals surface area (Å²) in [6, 6.07) is 13.3. The maximum absolute atomic E-state index is 12.1. The smallest absolute Gasteiger partial charge is 0.269 e. The summed E-state index contributed by atoms with van der Waals surface area (Å²) in [4.78, 5) is 37.6. The van der Waals surface area contributed by atoms with Gasteiger partial charge in [-0.1, -0.05) is 23.7 Å². The molecule has 0 saturated carbocycles. The topological polar surface area (TPSA) is 90.5 Å². The lowest BCUT2D eigenvalue weighted by Crippen LogP contribution is -2.46. The zero-order chi connectivity index (χ0) is 19.1. The summed E-state index contributed by atoms with van der Waals surface area (Å²) in [5, 5.41) is 2.87. The molecule has 0 saturated heterocycles. The van der Waals surface area contributed by atoms with Gasteiger partial charge in [-0.2, -0.15) is 0 Å². The lowest BCUT2D eigenvalue weighted by molar-refractivity contribution is -0.120. The first-order chi connectivity index (χ1) is 12.4. The molecule has 26 heavy (non-hydrogen) atoms. The van der Waals surface area contributed by atoms with Crippen molar-refractivity contribution in [1.29, 1.82) is 0 Å². The molecule has 0 atom stereocenters. The molecule has 8 heteroatoms. The van der Waals surface area contributed by atoms with Crippen molar-refractivity contribution in [3.63, 3.8) is 0 Å². The highest BCUT2D eigenvalue weighted by Crippen LogP contribution is 2.13. The largest absolute Gasteiger partial charge is 0.378 e. The van der Waals surface area contributed by atoms with Crippen molar-refractivity contribution < 1.29 is 14.4 Å². The number of hydrogen-bond donors (Lipinski definition) is 3. The van der Waals surface area contributed by atoms with Gasteiger partial charge in [0.05, 0.1) is 6.54 Å². The van der Waals surface area contributed by atoms with Crippen LogP contribution in [0, 0.1) is 0 Å². The van der Waals surface area contributed by atoms with E-state index in [1.165, 1.54) is 6.07 Å². The Morgan fingerprint density at radius 3 is 2.23 bits per heavy atom. The quantitative estimate of drug-likeness (QED) is 0.693. The van der Waals surface area contributed by atoms with E-state index in [0.717, 1.165) is 5.69 Å². The fourth-order valence-electron chi connectivity index (χ4n) is 2.06.